The molecule has 0 aliphatic heterocycles. The summed E-state index contributed by atoms with van der Waals surface area (Å²) in [5, 5.41) is 3.69. The summed E-state index contributed by atoms with van der Waals surface area (Å²) in [5.74, 6) is 2.04. The third-order valence-electron chi connectivity index (χ3n) is 7.47. The van der Waals surface area contributed by atoms with Crippen molar-refractivity contribution in [1.82, 2.24) is 29.2 Å². The van der Waals surface area contributed by atoms with Crippen LogP contribution in [0.2, 0.25) is 0 Å². The Kier molecular flexibility index (Phi) is 7.86. The Bertz CT molecular complexity index is 1740. The molecule has 0 radical (unpaired) electrons. The summed E-state index contributed by atoms with van der Waals surface area (Å²) >= 11 is 0. The fourth-order valence-corrected chi connectivity index (χ4v) is 6.19. The number of pyridine rings is 1. The van der Waals surface area contributed by atoms with E-state index in [4.69, 9.17) is 4.98 Å². The van der Waals surface area contributed by atoms with Crippen molar-refractivity contribution < 1.29 is 4.21 Å². The van der Waals surface area contributed by atoms with Crippen LogP contribution in [0.15, 0.2) is 64.4 Å². The summed E-state index contributed by atoms with van der Waals surface area (Å²) in [5.41, 5.74) is 3.76. The summed E-state index contributed by atoms with van der Waals surface area (Å²) in [6.07, 6.45) is 6.37. The van der Waals surface area contributed by atoms with Gasteiger partial charge in [-0.15, -0.1) is 6.58 Å². The first-order valence-corrected chi connectivity index (χ1v) is 15.4. The molecule has 1 unspecified atom stereocenters. The molecule has 3 heterocycles. The Hall–Kier alpha value is -3.83. The van der Waals surface area contributed by atoms with Crippen LogP contribution in [-0.2, 0) is 29.1 Å². The van der Waals surface area contributed by atoms with Crippen molar-refractivity contribution in [2.24, 2.45) is 4.36 Å². The van der Waals surface area contributed by atoms with Crippen LogP contribution in [0.4, 0.5) is 17.5 Å². The molecule has 1 aliphatic rings. The second-order valence-electron chi connectivity index (χ2n) is 10.2. The number of nitrogens with zero attached hydrogens (tertiary/aromatic N) is 7. The van der Waals surface area contributed by atoms with Crippen LogP contribution in [0.25, 0.3) is 16.9 Å². The molecule has 10 nitrogen and oxygen atoms in total. The van der Waals surface area contributed by atoms with E-state index in [1.54, 1.807) is 35.2 Å². The van der Waals surface area contributed by atoms with E-state index in [9.17, 15) is 9.00 Å². The van der Waals surface area contributed by atoms with E-state index in [-0.39, 0.29) is 12.1 Å². The van der Waals surface area contributed by atoms with Crippen molar-refractivity contribution in [1.29, 1.82) is 0 Å². The number of likely N-dealkylation sites (N-methyl/N-ethyl adjacent to an activating group) is 1. The molecule has 1 N–H and O–H groups in total. The van der Waals surface area contributed by atoms with Gasteiger partial charge in [0.25, 0.3) is 5.56 Å². The van der Waals surface area contributed by atoms with Crippen LogP contribution in [0.3, 0.4) is 0 Å². The standard InChI is InChI=1S/C29H36N8O2S/c1-6-16-36-28(38)24-19-30-29(31-22-14-12-21-18-23(35(4)5)15-13-20(21)17-22)33-27(24)37(36)26-11-9-10-25(32-26)34-40(39,7-2)8-3/h6,9-12,14,17,19,23H,1,7-8,13,15-16,18H2,2-5H3,(H,30,31,33). The van der Waals surface area contributed by atoms with Crippen molar-refractivity contribution in [3.8, 4) is 5.82 Å². The lowest BCUT2D eigenvalue weighted by Crippen LogP contribution is -2.33. The smallest absolute Gasteiger partial charge is 0.278 e. The molecule has 1 atom stereocenters. The maximum absolute atomic E-state index is 13.3. The van der Waals surface area contributed by atoms with Crippen LogP contribution in [0.5, 0.6) is 0 Å². The predicted molar refractivity (Wildman–Crippen MR) is 162 cm³/mol. The van der Waals surface area contributed by atoms with E-state index >= 15 is 0 Å². The minimum absolute atomic E-state index is 0.249. The van der Waals surface area contributed by atoms with Gasteiger partial charge < -0.3 is 10.2 Å². The Labute approximate surface area is 235 Å². The fraction of sp³-hybridized carbons (Fsp3) is 0.379. The lowest BCUT2D eigenvalue weighted by atomic mass is 9.87. The molecule has 11 heteroatoms. The number of hydrogen-bond donors (Lipinski definition) is 1. The molecular weight excluding hydrogens is 524 g/mol. The molecule has 40 heavy (non-hydrogen) atoms. The lowest BCUT2D eigenvalue weighted by Gasteiger charge is -2.30. The van der Waals surface area contributed by atoms with E-state index in [2.05, 4.69) is 57.4 Å². The molecule has 0 saturated carbocycles. The number of benzene rings is 1. The lowest BCUT2D eigenvalue weighted by molar-refractivity contribution is 0.268. The van der Waals surface area contributed by atoms with Crippen LogP contribution in [0.1, 0.15) is 31.4 Å². The zero-order chi connectivity index (χ0) is 28.4. The molecule has 1 aromatic carbocycles. The molecule has 0 spiro atoms. The maximum Gasteiger partial charge on any atom is 0.278 e. The molecule has 4 aromatic rings. The Morgan fingerprint density at radius 2 is 1.98 bits per heavy atom. The van der Waals surface area contributed by atoms with Crippen molar-refractivity contribution in [2.45, 2.75) is 45.7 Å². The van der Waals surface area contributed by atoms with Gasteiger partial charge in [-0.3, -0.25) is 4.79 Å². The average Bonchev–Trinajstić information content (AvgIpc) is 3.23. The van der Waals surface area contributed by atoms with Crippen LogP contribution in [0, 0.1) is 0 Å². The highest BCUT2D eigenvalue weighted by atomic mass is 32.2. The number of rotatable bonds is 9. The average molecular weight is 561 g/mol. The Balaban J connectivity index is 1.55. The van der Waals surface area contributed by atoms with E-state index < -0.39 is 9.73 Å². The molecule has 0 fully saturated rings. The highest BCUT2D eigenvalue weighted by Crippen LogP contribution is 2.28. The number of nitrogens with one attached hydrogen (secondary N) is 1. The molecule has 3 aromatic heterocycles. The monoisotopic (exact) mass is 560 g/mol. The third-order valence-corrected chi connectivity index (χ3v) is 9.80. The molecule has 5 rings (SSSR count). The van der Waals surface area contributed by atoms with Gasteiger partial charge in [0.2, 0.25) is 5.95 Å². The minimum atomic E-state index is -2.40. The first-order valence-electron chi connectivity index (χ1n) is 13.6. The van der Waals surface area contributed by atoms with Crippen molar-refractivity contribution in [2.75, 3.05) is 30.9 Å². The van der Waals surface area contributed by atoms with E-state index in [1.165, 1.54) is 15.8 Å². The number of hydrogen-bond acceptors (Lipinski definition) is 8. The topological polar surface area (TPSA) is 110 Å². The van der Waals surface area contributed by atoms with E-state index in [0.717, 1.165) is 24.9 Å². The van der Waals surface area contributed by atoms with Gasteiger partial charge in [-0.1, -0.05) is 32.1 Å². The molecular formula is C29H36N8O2S. The molecule has 0 saturated heterocycles. The zero-order valence-electron chi connectivity index (χ0n) is 23.5. The second-order valence-corrected chi connectivity index (χ2v) is 13.1. The molecule has 0 bridgehead atoms. The quantitative estimate of drug-likeness (QED) is 0.301. The minimum Gasteiger partial charge on any atom is -0.324 e. The third kappa shape index (κ3) is 5.44. The van der Waals surface area contributed by atoms with Crippen molar-refractivity contribution in [3.63, 3.8) is 0 Å². The zero-order valence-corrected chi connectivity index (χ0v) is 24.3. The van der Waals surface area contributed by atoms with Crippen molar-refractivity contribution >= 4 is 38.2 Å². The van der Waals surface area contributed by atoms with E-state index in [0.29, 0.717) is 46.2 Å². The maximum atomic E-state index is 13.3. The molecule has 1 aliphatic carbocycles. The van der Waals surface area contributed by atoms with Gasteiger partial charge >= 0.3 is 0 Å². The van der Waals surface area contributed by atoms with Gasteiger partial charge in [0.15, 0.2) is 17.3 Å². The second kappa shape index (κ2) is 11.3. The number of anilines is 2. The Morgan fingerprint density at radius 1 is 1.18 bits per heavy atom. The van der Waals surface area contributed by atoms with Crippen LogP contribution >= 0.6 is 0 Å². The first-order chi connectivity index (χ1) is 19.2. The van der Waals surface area contributed by atoms with Gasteiger partial charge in [-0.05, 0) is 68.8 Å². The number of aromatic nitrogens is 5. The number of allylic oxidation sites excluding steroid dienone is 1. The summed E-state index contributed by atoms with van der Waals surface area (Å²) in [7, 11) is 1.87. The molecule has 210 valence electrons. The normalized spacial score (nSPS) is 15.3. The van der Waals surface area contributed by atoms with Gasteiger partial charge in [0.05, 0.1) is 16.3 Å². The summed E-state index contributed by atoms with van der Waals surface area (Å²) in [6, 6.07) is 12.2. The van der Waals surface area contributed by atoms with Gasteiger partial charge in [0.1, 0.15) is 5.39 Å². The van der Waals surface area contributed by atoms with Crippen molar-refractivity contribution in [3.05, 3.63) is 76.7 Å². The van der Waals surface area contributed by atoms with Gasteiger partial charge in [-0.25, -0.2) is 23.5 Å². The number of aryl methyl sites for hydroxylation is 1. The summed E-state index contributed by atoms with van der Waals surface area (Å²) in [4.78, 5) is 29.5. The highest BCUT2D eigenvalue weighted by molar-refractivity contribution is 7.93. The van der Waals surface area contributed by atoms with E-state index in [1.807, 2.05) is 19.9 Å². The van der Waals surface area contributed by atoms with Crippen LogP contribution < -0.4 is 10.9 Å². The van der Waals surface area contributed by atoms with Gasteiger partial charge in [-0.2, -0.15) is 9.35 Å². The largest absolute Gasteiger partial charge is 0.324 e. The highest BCUT2D eigenvalue weighted by Gasteiger charge is 2.21. The SMILES string of the molecule is C=CCn1c(=O)c2cnc(Nc3ccc4c(c3)CCC(N(C)C)C4)nc2n1-c1cccc(N=S(=O)(CC)CC)n1. The fourth-order valence-electron chi connectivity index (χ4n) is 5.08. The predicted octanol–water partition coefficient (Wildman–Crippen LogP) is 4.47. The summed E-state index contributed by atoms with van der Waals surface area (Å²) in [6.45, 7) is 7.77. The number of fused-ring (bicyclic) bond motifs is 2. The van der Waals surface area contributed by atoms with Gasteiger partial charge in [0, 0.05) is 29.4 Å². The summed E-state index contributed by atoms with van der Waals surface area (Å²) < 4.78 is 20.6. The Morgan fingerprint density at radius 3 is 2.70 bits per heavy atom. The first kappa shape index (κ1) is 27.7. The molecule has 0 amide bonds. The van der Waals surface area contributed by atoms with Crippen LogP contribution in [-0.4, -0.2) is 65.1 Å².